The van der Waals surface area contributed by atoms with E-state index in [2.05, 4.69) is 46.5 Å². The van der Waals surface area contributed by atoms with E-state index >= 15 is 0 Å². The maximum Gasteiger partial charge on any atom is 0.377 e. The van der Waals surface area contributed by atoms with E-state index in [1.807, 2.05) is 12.1 Å². The van der Waals surface area contributed by atoms with Crippen LogP contribution < -0.4 is 0 Å². The molecule has 27 heavy (non-hydrogen) atoms. The standard InChI is InChI=1S/C21H31NO4Si/c1-13(2)27(14(3)4,15(5)6)26-11-10-16-8-7-9-17-18(12-22-19(16)17)20(23)21(24)25/h7-9,12-15,22H,10-11H2,1-6H3,(H,24,25). The summed E-state index contributed by atoms with van der Waals surface area (Å²) in [4.78, 5) is 26.0. The molecule has 0 aliphatic rings. The lowest BCUT2D eigenvalue weighted by Gasteiger charge is -2.42. The Morgan fingerprint density at radius 2 is 1.67 bits per heavy atom. The summed E-state index contributed by atoms with van der Waals surface area (Å²) in [5.74, 6) is -2.33. The SMILES string of the molecule is CC(C)[Si](OCCc1cccc2c(C(=O)C(=O)O)c[nH]c12)(C(C)C)C(C)C. The van der Waals surface area contributed by atoms with Gasteiger partial charge in [-0.2, -0.15) is 0 Å². The fraction of sp³-hybridized carbons (Fsp3) is 0.524. The zero-order chi connectivity index (χ0) is 20.4. The molecule has 0 bridgehead atoms. The number of ketones is 1. The molecule has 1 heterocycles. The summed E-state index contributed by atoms with van der Waals surface area (Å²) < 4.78 is 6.62. The van der Waals surface area contributed by atoms with Crippen LogP contribution in [0.4, 0.5) is 0 Å². The molecule has 0 radical (unpaired) electrons. The third-order valence-corrected chi connectivity index (χ3v) is 11.8. The fourth-order valence-corrected chi connectivity index (χ4v) is 10.0. The zero-order valence-electron chi connectivity index (χ0n) is 17.1. The molecule has 0 aliphatic heterocycles. The number of carbonyl (C=O) groups excluding carboxylic acids is 1. The predicted molar refractivity (Wildman–Crippen MR) is 111 cm³/mol. The lowest BCUT2D eigenvalue weighted by atomic mass is 10.0. The van der Waals surface area contributed by atoms with Crippen molar-refractivity contribution < 1.29 is 19.1 Å². The van der Waals surface area contributed by atoms with Crippen LogP contribution in [0.15, 0.2) is 24.4 Å². The Balaban J connectivity index is 2.25. The number of carboxylic acid groups (broad SMARTS) is 1. The molecule has 0 saturated heterocycles. The first-order valence-electron chi connectivity index (χ1n) is 9.63. The first-order chi connectivity index (χ1) is 12.6. The number of fused-ring (bicyclic) bond motifs is 1. The van der Waals surface area contributed by atoms with Gasteiger partial charge in [0, 0.05) is 23.7 Å². The molecule has 6 heteroatoms. The molecule has 1 aromatic carbocycles. The first kappa shape index (κ1) is 21.4. The summed E-state index contributed by atoms with van der Waals surface area (Å²) in [5.41, 5.74) is 3.64. The van der Waals surface area contributed by atoms with Crippen LogP contribution in [-0.4, -0.2) is 36.8 Å². The highest BCUT2D eigenvalue weighted by Gasteiger charge is 2.44. The Morgan fingerprint density at radius 1 is 1.07 bits per heavy atom. The summed E-state index contributed by atoms with van der Waals surface area (Å²) in [5, 5.41) is 9.64. The van der Waals surface area contributed by atoms with E-state index in [1.165, 1.54) is 6.20 Å². The number of H-pyrrole nitrogens is 1. The summed E-state index contributed by atoms with van der Waals surface area (Å²) in [6, 6.07) is 5.64. The molecule has 0 unspecified atom stereocenters. The highest BCUT2D eigenvalue weighted by Crippen LogP contribution is 2.42. The number of benzene rings is 1. The summed E-state index contributed by atoms with van der Waals surface area (Å²) >= 11 is 0. The number of nitrogens with one attached hydrogen (secondary N) is 1. The van der Waals surface area contributed by atoms with Crippen molar-refractivity contribution in [3.05, 3.63) is 35.5 Å². The lowest BCUT2D eigenvalue weighted by Crippen LogP contribution is -2.48. The molecule has 2 aromatic rings. The van der Waals surface area contributed by atoms with E-state index in [1.54, 1.807) is 6.07 Å². The van der Waals surface area contributed by atoms with Crippen molar-refractivity contribution in [1.29, 1.82) is 0 Å². The van der Waals surface area contributed by atoms with Crippen molar-refractivity contribution in [3.8, 4) is 0 Å². The van der Waals surface area contributed by atoms with Crippen molar-refractivity contribution in [2.45, 2.75) is 64.6 Å². The molecular weight excluding hydrogens is 358 g/mol. The van der Waals surface area contributed by atoms with Crippen LogP contribution in [0.1, 0.15) is 57.5 Å². The van der Waals surface area contributed by atoms with Gasteiger partial charge in [-0.15, -0.1) is 0 Å². The van der Waals surface area contributed by atoms with E-state index in [0.29, 0.717) is 28.6 Å². The minimum absolute atomic E-state index is 0.204. The lowest BCUT2D eigenvalue weighted by molar-refractivity contribution is -0.131. The molecule has 0 amide bonds. The van der Waals surface area contributed by atoms with Gasteiger partial charge in [-0.05, 0) is 28.6 Å². The Bertz CT molecular complexity index is 801. The van der Waals surface area contributed by atoms with E-state index in [9.17, 15) is 9.59 Å². The minimum atomic E-state index is -1.92. The predicted octanol–water partition coefficient (Wildman–Crippen LogP) is 5.17. The van der Waals surface area contributed by atoms with Gasteiger partial charge in [0.2, 0.25) is 0 Å². The van der Waals surface area contributed by atoms with Crippen molar-refractivity contribution in [3.63, 3.8) is 0 Å². The van der Waals surface area contributed by atoms with Gasteiger partial charge in [-0.25, -0.2) is 4.79 Å². The quantitative estimate of drug-likeness (QED) is 0.352. The van der Waals surface area contributed by atoms with Crippen LogP contribution in [0.2, 0.25) is 16.6 Å². The number of para-hydroxylation sites is 1. The van der Waals surface area contributed by atoms with Gasteiger partial charge in [0.05, 0.1) is 5.56 Å². The number of carboxylic acids is 1. The van der Waals surface area contributed by atoms with E-state index in [-0.39, 0.29) is 5.56 Å². The van der Waals surface area contributed by atoms with E-state index in [4.69, 9.17) is 9.53 Å². The number of hydrogen-bond acceptors (Lipinski definition) is 3. The average molecular weight is 390 g/mol. The number of hydrogen-bond donors (Lipinski definition) is 2. The van der Waals surface area contributed by atoms with Crippen LogP contribution >= 0.6 is 0 Å². The van der Waals surface area contributed by atoms with Gasteiger partial charge in [-0.1, -0.05) is 59.7 Å². The van der Waals surface area contributed by atoms with Gasteiger partial charge in [0.1, 0.15) is 0 Å². The normalized spacial score (nSPS) is 12.5. The summed E-state index contributed by atoms with van der Waals surface area (Å²) in [6.07, 6.45) is 2.21. The topological polar surface area (TPSA) is 79.4 Å². The third kappa shape index (κ3) is 4.01. The van der Waals surface area contributed by atoms with Gasteiger partial charge in [0.25, 0.3) is 5.78 Å². The molecule has 0 saturated carbocycles. The second-order valence-corrected chi connectivity index (χ2v) is 13.6. The van der Waals surface area contributed by atoms with Crippen LogP contribution in [0.5, 0.6) is 0 Å². The first-order valence-corrected chi connectivity index (χ1v) is 11.8. The molecule has 5 nitrogen and oxygen atoms in total. The fourth-order valence-electron chi connectivity index (χ4n) is 4.57. The third-order valence-electron chi connectivity index (χ3n) is 5.67. The van der Waals surface area contributed by atoms with Crippen LogP contribution in [-0.2, 0) is 15.6 Å². The van der Waals surface area contributed by atoms with Gasteiger partial charge in [-0.3, -0.25) is 4.79 Å². The highest BCUT2D eigenvalue weighted by molar-refractivity contribution is 6.77. The Hall–Kier alpha value is -1.92. The van der Waals surface area contributed by atoms with Crippen molar-refractivity contribution >= 4 is 31.0 Å². The molecule has 2 rings (SSSR count). The number of aliphatic carboxylic acids is 1. The summed E-state index contributed by atoms with van der Waals surface area (Å²) in [7, 11) is -1.92. The van der Waals surface area contributed by atoms with Gasteiger partial charge >= 0.3 is 5.97 Å². The number of rotatable bonds is 9. The van der Waals surface area contributed by atoms with Crippen LogP contribution in [0.25, 0.3) is 10.9 Å². The highest BCUT2D eigenvalue weighted by atomic mass is 28.4. The molecule has 0 aliphatic carbocycles. The zero-order valence-corrected chi connectivity index (χ0v) is 18.1. The molecule has 0 fully saturated rings. The van der Waals surface area contributed by atoms with Gasteiger partial charge in [0.15, 0.2) is 8.32 Å². The Kier molecular flexibility index (Phi) is 6.65. The molecule has 2 N–H and O–H groups in total. The van der Waals surface area contributed by atoms with Gasteiger partial charge < -0.3 is 14.5 Å². The van der Waals surface area contributed by atoms with Crippen LogP contribution in [0, 0.1) is 0 Å². The van der Waals surface area contributed by atoms with Crippen LogP contribution in [0.3, 0.4) is 0 Å². The van der Waals surface area contributed by atoms with Crippen molar-refractivity contribution in [2.24, 2.45) is 0 Å². The molecule has 148 valence electrons. The maximum absolute atomic E-state index is 11.9. The smallest absolute Gasteiger partial charge is 0.377 e. The number of Topliss-reactive ketones (excluding diaryl/α,β-unsaturated/α-hetero) is 1. The number of aromatic nitrogens is 1. The Labute approximate surface area is 162 Å². The molecule has 0 atom stereocenters. The monoisotopic (exact) mass is 389 g/mol. The molecule has 0 spiro atoms. The maximum atomic E-state index is 11.9. The second-order valence-electron chi connectivity index (χ2n) is 8.09. The average Bonchev–Trinajstić information content (AvgIpc) is 3.01. The Morgan fingerprint density at radius 3 is 2.19 bits per heavy atom. The van der Waals surface area contributed by atoms with E-state index in [0.717, 1.165) is 17.5 Å². The molecular formula is C21H31NO4Si. The van der Waals surface area contributed by atoms with Crippen molar-refractivity contribution in [2.75, 3.05) is 6.61 Å². The summed E-state index contributed by atoms with van der Waals surface area (Å²) in [6.45, 7) is 14.2. The number of carbonyl (C=O) groups is 2. The largest absolute Gasteiger partial charge is 0.475 e. The number of aromatic amines is 1. The minimum Gasteiger partial charge on any atom is -0.475 e. The van der Waals surface area contributed by atoms with E-state index < -0.39 is 20.1 Å². The second kappa shape index (κ2) is 8.40. The van der Waals surface area contributed by atoms with Crippen molar-refractivity contribution in [1.82, 2.24) is 4.98 Å². The molecule has 1 aromatic heterocycles.